The fourth-order valence-corrected chi connectivity index (χ4v) is 4.56. The van der Waals surface area contributed by atoms with Gasteiger partial charge in [-0.25, -0.2) is 9.18 Å². The largest absolute Gasteiger partial charge is 0.497 e. The number of hydrogen-bond acceptors (Lipinski definition) is 6. The van der Waals surface area contributed by atoms with Gasteiger partial charge in [0.2, 0.25) is 5.95 Å². The van der Waals surface area contributed by atoms with Gasteiger partial charge < -0.3 is 14.5 Å². The van der Waals surface area contributed by atoms with Gasteiger partial charge in [0.25, 0.3) is 5.56 Å². The number of piperazine rings is 1. The molecule has 4 aromatic rings. The highest BCUT2D eigenvalue weighted by atomic mass is 19.1. The Hall–Kier alpha value is -4.08. The van der Waals surface area contributed by atoms with Gasteiger partial charge in [-0.1, -0.05) is 12.1 Å². The predicted octanol–water partition coefficient (Wildman–Crippen LogP) is 1.96. The maximum atomic E-state index is 13.5. The summed E-state index contributed by atoms with van der Waals surface area (Å²) < 4.78 is 23.1. The van der Waals surface area contributed by atoms with E-state index in [4.69, 9.17) is 9.72 Å². The van der Waals surface area contributed by atoms with Gasteiger partial charge in [-0.3, -0.25) is 18.5 Å². The molecular formula is C25H27FN6O3. The van der Waals surface area contributed by atoms with Crippen molar-refractivity contribution in [2.45, 2.75) is 6.54 Å². The first-order valence-corrected chi connectivity index (χ1v) is 11.4. The molecule has 3 heterocycles. The molecule has 2 aromatic carbocycles. The molecule has 1 saturated heterocycles. The van der Waals surface area contributed by atoms with E-state index in [0.29, 0.717) is 36.7 Å². The molecule has 182 valence electrons. The normalized spacial score (nSPS) is 14.1. The minimum Gasteiger partial charge on any atom is -0.497 e. The van der Waals surface area contributed by atoms with Gasteiger partial charge in [0, 0.05) is 46.0 Å². The molecule has 0 bridgehead atoms. The summed E-state index contributed by atoms with van der Waals surface area (Å²) in [4.78, 5) is 34.9. The number of anilines is 2. The van der Waals surface area contributed by atoms with Crippen molar-refractivity contribution < 1.29 is 9.13 Å². The average molecular weight is 479 g/mol. The Kier molecular flexibility index (Phi) is 5.80. The second-order valence-electron chi connectivity index (χ2n) is 8.67. The molecule has 10 heteroatoms. The van der Waals surface area contributed by atoms with Crippen LogP contribution in [0.25, 0.3) is 11.2 Å². The summed E-state index contributed by atoms with van der Waals surface area (Å²) in [6.45, 7) is 3.24. The quantitative estimate of drug-likeness (QED) is 0.437. The topological polar surface area (TPSA) is 77.5 Å². The van der Waals surface area contributed by atoms with Crippen molar-refractivity contribution in [1.82, 2.24) is 18.7 Å². The van der Waals surface area contributed by atoms with Gasteiger partial charge in [-0.05, 0) is 42.0 Å². The van der Waals surface area contributed by atoms with Crippen LogP contribution in [0.2, 0.25) is 0 Å². The van der Waals surface area contributed by atoms with Crippen LogP contribution in [0.4, 0.5) is 16.0 Å². The zero-order valence-electron chi connectivity index (χ0n) is 19.9. The van der Waals surface area contributed by atoms with Crippen molar-refractivity contribution >= 4 is 22.8 Å². The Bertz CT molecular complexity index is 1480. The number of imidazole rings is 1. The Morgan fingerprint density at radius 3 is 2.14 bits per heavy atom. The number of hydrogen-bond donors (Lipinski definition) is 0. The molecule has 35 heavy (non-hydrogen) atoms. The number of nitrogens with zero attached hydrogens (tertiary/aromatic N) is 6. The minimum absolute atomic E-state index is 0.322. The third kappa shape index (κ3) is 4.05. The van der Waals surface area contributed by atoms with Gasteiger partial charge >= 0.3 is 5.69 Å². The number of rotatable bonds is 5. The van der Waals surface area contributed by atoms with E-state index in [0.717, 1.165) is 34.7 Å². The van der Waals surface area contributed by atoms with Crippen LogP contribution in [-0.2, 0) is 20.6 Å². The van der Waals surface area contributed by atoms with Crippen LogP contribution in [0.15, 0.2) is 58.1 Å². The van der Waals surface area contributed by atoms with Crippen molar-refractivity contribution in [2.24, 2.45) is 14.1 Å². The molecule has 5 rings (SSSR count). The third-order valence-electron chi connectivity index (χ3n) is 6.58. The van der Waals surface area contributed by atoms with Crippen LogP contribution in [0.3, 0.4) is 0 Å². The zero-order chi connectivity index (χ0) is 24.7. The standard InChI is InChI=1S/C25H27FN6O3/c1-28-22-21(23(33)29(2)25(28)34)32(16-17-4-6-18(26)7-5-17)24(27-22)31-14-12-30(13-15-31)19-8-10-20(35-3)11-9-19/h4-11H,12-16H2,1-3H3. The lowest BCUT2D eigenvalue weighted by Gasteiger charge is -2.36. The van der Waals surface area contributed by atoms with Crippen LogP contribution in [0.5, 0.6) is 5.75 Å². The Balaban J connectivity index is 1.52. The first-order chi connectivity index (χ1) is 16.9. The number of methoxy groups -OCH3 is 1. The van der Waals surface area contributed by atoms with E-state index in [2.05, 4.69) is 9.80 Å². The summed E-state index contributed by atoms with van der Waals surface area (Å²) in [6.07, 6.45) is 0. The maximum absolute atomic E-state index is 13.5. The fourth-order valence-electron chi connectivity index (χ4n) is 4.56. The molecule has 9 nitrogen and oxygen atoms in total. The van der Waals surface area contributed by atoms with Gasteiger partial charge in [-0.2, -0.15) is 4.98 Å². The summed E-state index contributed by atoms with van der Waals surface area (Å²) in [5.74, 6) is 1.11. The van der Waals surface area contributed by atoms with Gasteiger partial charge in [-0.15, -0.1) is 0 Å². The van der Waals surface area contributed by atoms with Crippen LogP contribution >= 0.6 is 0 Å². The highest BCUT2D eigenvalue weighted by molar-refractivity contribution is 5.75. The van der Waals surface area contributed by atoms with E-state index in [9.17, 15) is 14.0 Å². The molecule has 1 fully saturated rings. The molecule has 0 unspecified atom stereocenters. The number of fused-ring (bicyclic) bond motifs is 1. The summed E-state index contributed by atoms with van der Waals surface area (Å²) in [7, 11) is 4.73. The van der Waals surface area contributed by atoms with E-state index < -0.39 is 11.2 Å². The van der Waals surface area contributed by atoms with Crippen molar-refractivity contribution in [3.63, 3.8) is 0 Å². The van der Waals surface area contributed by atoms with E-state index in [1.165, 1.54) is 23.7 Å². The number of halogens is 1. The molecule has 1 aliphatic heterocycles. The average Bonchev–Trinajstić information content (AvgIpc) is 3.27. The molecule has 0 amide bonds. The molecule has 2 aromatic heterocycles. The Morgan fingerprint density at radius 2 is 1.51 bits per heavy atom. The number of benzene rings is 2. The van der Waals surface area contributed by atoms with Crippen molar-refractivity contribution in [1.29, 1.82) is 0 Å². The lowest BCUT2D eigenvalue weighted by atomic mass is 10.2. The molecule has 0 atom stereocenters. The summed E-state index contributed by atoms with van der Waals surface area (Å²) in [5.41, 5.74) is 1.81. The van der Waals surface area contributed by atoms with Crippen molar-refractivity contribution in [3.8, 4) is 5.75 Å². The minimum atomic E-state index is -0.426. The zero-order valence-corrected chi connectivity index (χ0v) is 19.9. The van der Waals surface area contributed by atoms with E-state index >= 15 is 0 Å². The van der Waals surface area contributed by atoms with E-state index in [1.54, 1.807) is 26.3 Å². The monoisotopic (exact) mass is 478 g/mol. The number of aromatic nitrogens is 4. The van der Waals surface area contributed by atoms with Crippen molar-refractivity contribution in [2.75, 3.05) is 43.1 Å². The van der Waals surface area contributed by atoms with Crippen LogP contribution < -0.4 is 25.8 Å². The second-order valence-corrected chi connectivity index (χ2v) is 8.67. The third-order valence-corrected chi connectivity index (χ3v) is 6.58. The van der Waals surface area contributed by atoms with Gasteiger partial charge in [0.05, 0.1) is 13.7 Å². The van der Waals surface area contributed by atoms with Gasteiger partial charge in [0.15, 0.2) is 11.2 Å². The van der Waals surface area contributed by atoms with E-state index in [1.807, 2.05) is 28.8 Å². The SMILES string of the molecule is COc1ccc(N2CCN(c3nc4c(c(=O)n(C)c(=O)n4C)n3Cc3ccc(F)cc3)CC2)cc1. The molecule has 0 spiro atoms. The number of ether oxygens (including phenoxy) is 1. The predicted molar refractivity (Wildman–Crippen MR) is 133 cm³/mol. The van der Waals surface area contributed by atoms with Crippen LogP contribution in [0, 0.1) is 5.82 Å². The smallest absolute Gasteiger partial charge is 0.332 e. The summed E-state index contributed by atoms with van der Waals surface area (Å²) in [6, 6.07) is 14.2. The lowest BCUT2D eigenvalue weighted by molar-refractivity contribution is 0.415. The van der Waals surface area contributed by atoms with Gasteiger partial charge in [0.1, 0.15) is 11.6 Å². The van der Waals surface area contributed by atoms with Crippen molar-refractivity contribution in [3.05, 3.63) is 80.7 Å². The first kappa shape index (κ1) is 22.7. The molecular weight excluding hydrogens is 451 g/mol. The summed E-state index contributed by atoms with van der Waals surface area (Å²) >= 11 is 0. The summed E-state index contributed by atoms with van der Waals surface area (Å²) in [5, 5.41) is 0. The molecule has 0 N–H and O–H groups in total. The number of aryl methyl sites for hydroxylation is 1. The molecule has 0 saturated carbocycles. The fraction of sp³-hybridized carbons (Fsp3) is 0.320. The highest BCUT2D eigenvalue weighted by Gasteiger charge is 2.26. The lowest BCUT2D eigenvalue weighted by Crippen LogP contribution is -2.47. The van der Waals surface area contributed by atoms with Crippen LogP contribution in [0.1, 0.15) is 5.56 Å². The van der Waals surface area contributed by atoms with E-state index in [-0.39, 0.29) is 5.82 Å². The first-order valence-electron chi connectivity index (χ1n) is 11.4. The Morgan fingerprint density at radius 1 is 0.886 bits per heavy atom. The second kappa shape index (κ2) is 8.94. The highest BCUT2D eigenvalue weighted by Crippen LogP contribution is 2.25. The Labute approximate surface area is 201 Å². The molecule has 0 aliphatic carbocycles. The molecule has 0 radical (unpaired) electrons. The molecule has 1 aliphatic rings. The maximum Gasteiger partial charge on any atom is 0.332 e. The van der Waals surface area contributed by atoms with Crippen LogP contribution in [-0.4, -0.2) is 52.0 Å².